The maximum absolute atomic E-state index is 12.7. The molecule has 0 bridgehead atoms. The number of pyridine rings is 1. The third-order valence-corrected chi connectivity index (χ3v) is 3.71. The molecular formula is C16H20N2O2. The standard InChI is InChI=1S/C16H20N2O2/c1-2-14-7-3-4-10-18(14)16(20)15-8-9-17-12-13(15)6-5-11-19/h8-9,12,14,19H,2-4,7,10-11H2,1H3. The van der Waals surface area contributed by atoms with Gasteiger partial charge in [0.15, 0.2) is 0 Å². The molecule has 1 atom stereocenters. The fraction of sp³-hybridized carbons (Fsp3) is 0.500. The summed E-state index contributed by atoms with van der Waals surface area (Å²) in [5, 5.41) is 8.80. The van der Waals surface area contributed by atoms with E-state index in [1.807, 2.05) is 4.90 Å². The van der Waals surface area contributed by atoms with Crippen LogP contribution in [0.2, 0.25) is 0 Å². The van der Waals surface area contributed by atoms with E-state index in [9.17, 15) is 4.79 Å². The summed E-state index contributed by atoms with van der Waals surface area (Å²) >= 11 is 0. The first-order valence-corrected chi connectivity index (χ1v) is 7.12. The van der Waals surface area contributed by atoms with E-state index in [4.69, 9.17) is 5.11 Å². The van der Waals surface area contributed by atoms with Gasteiger partial charge in [-0.3, -0.25) is 9.78 Å². The van der Waals surface area contributed by atoms with Gasteiger partial charge >= 0.3 is 0 Å². The summed E-state index contributed by atoms with van der Waals surface area (Å²) in [5.41, 5.74) is 1.17. The summed E-state index contributed by atoms with van der Waals surface area (Å²) in [7, 11) is 0. The van der Waals surface area contributed by atoms with Crippen molar-refractivity contribution in [1.82, 2.24) is 9.88 Å². The largest absolute Gasteiger partial charge is 0.384 e. The van der Waals surface area contributed by atoms with E-state index in [1.54, 1.807) is 18.5 Å². The van der Waals surface area contributed by atoms with Crippen LogP contribution in [0.5, 0.6) is 0 Å². The average Bonchev–Trinajstić information content (AvgIpc) is 2.52. The Morgan fingerprint density at radius 1 is 1.55 bits per heavy atom. The SMILES string of the molecule is CCC1CCCCN1C(=O)c1ccncc1C#CCO. The Morgan fingerprint density at radius 3 is 3.15 bits per heavy atom. The van der Waals surface area contributed by atoms with Crippen molar-refractivity contribution in [2.45, 2.75) is 38.6 Å². The third kappa shape index (κ3) is 3.17. The predicted octanol–water partition coefficient (Wildman–Crippen LogP) is 1.83. The number of hydrogen-bond donors (Lipinski definition) is 1. The molecule has 20 heavy (non-hydrogen) atoms. The summed E-state index contributed by atoms with van der Waals surface area (Å²) in [5.74, 6) is 5.42. The van der Waals surface area contributed by atoms with Crippen LogP contribution in [0.25, 0.3) is 0 Å². The lowest BCUT2D eigenvalue weighted by molar-refractivity contribution is 0.0607. The highest BCUT2D eigenvalue weighted by atomic mass is 16.2. The Morgan fingerprint density at radius 2 is 2.40 bits per heavy atom. The minimum atomic E-state index is -0.218. The minimum Gasteiger partial charge on any atom is -0.384 e. The summed E-state index contributed by atoms with van der Waals surface area (Å²) in [6.45, 7) is 2.71. The molecule has 1 aromatic heterocycles. The Kier molecular flexibility index (Phi) is 5.14. The highest BCUT2D eigenvalue weighted by Gasteiger charge is 2.27. The van der Waals surface area contributed by atoms with Crippen molar-refractivity contribution in [3.05, 3.63) is 29.6 Å². The molecule has 1 aliphatic heterocycles. The maximum Gasteiger partial charge on any atom is 0.255 e. The highest BCUT2D eigenvalue weighted by Crippen LogP contribution is 2.22. The second kappa shape index (κ2) is 7.06. The highest BCUT2D eigenvalue weighted by molar-refractivity contribution is 5.96. The van der Waals surface area contributed by atoms with Crippen LogP contribution >= 0.6 is 0 Å². The molecule has 1 aliphatic rings. The lowest BCUT2D eigenvalue weighted by atomic mass is 9.98. The van der Waals surface area contributed by atoms with Crippen LogP contribution in [0.1, 0.15) is 48.5 Å². The molecule has 0 radical (unpaired) electrons. The van der Waals surface area contributed by atoms with E-state index in [-0.39, 0.29) is 12.5 Å². The molecule has 1 aromatic rings. The summed E-state index contributed by atoms with van der Waals surface area (Å²) in [6, 6.07) is 2.04. The zero-order valence-electron chi connectivity index (χ0n) is 11.8. The third-order valence-electron chi connectivity index (χ3n) is 3.71. The lowest BCUT2D eigenvalue weighted by Gasteiger charge is -2.35. The van der Waals surface area contributed by atoms with Gasteiger partial charge in [-0.05, 0) is 31.7 Å². The number of carbonyl (C=O) groups excluding carboxylic acids is 1. The quantitative estimate of drug-likeness (QED) is 0.836. The van der Waals surface area contributed by atoms with Gasteiger partial charge in [0.05, 0.1) is 11.1 Å². The van der Waals surface area contributed by atoms with Crippen LogP contribution in [-0.2, 0) is 0 Å². The number of aromatic nitrogens is 1. The van der Waals surface area contributed by atoms with Crippen LogP contribution in [0.3, 0.4) is 0 Å². The molecule has 106 valence electrons. The number of carbonyl (C=O) groups is 1. The van der Waals surface area contributed by atoms with Crippen LogP contribution in [-0.4, -0.2) is 40.1 Å². The van der Waals surface area contributed by atoms with Gasteiger partial charge in [0.25, 0.3) is 5.91 Å². The normalized spacial score (nSPS) is 18.3. The minimum absolute atomic E-state index is 0.0289. The molecule has 0 aromatic carbocycles. The molecule has 4 nitrogen and oxygen atoms in total. The smallest absolute Gasteiger partial charge is 0.255 e. The van der Waals surface area contributed by atoms with Crippen molar-refractivity contribution >= 4 is 5.91 Å². The van der Waals surface area contributed by atoms with Crippen LogP contribution in [0, 0.1) is 11.8 Å². The van der Waals surface area contributed by atoms with Crippen molar-refractivity contribution in [2.24, 2.45) is 0 Å². The van der Waals surface area contributed by atoms with E-state index in [0.29, 0.717) is 17.2 Å². The van der Waals surface area contributed by atoms with Crippen molar-refractivity contribution < 1.29 is 9.90 Å². The zero-order chi connectivity index (χ0) is 14.4. The molecular weight excluding hydrogens is 252 g/mol. The topological polar surface area (TPSA) is 53.4 Å². The van der Waals surface area contributed by atoms with E-state index >= 15 is 0 Å². The lowest BCUT2D eigenvalue weighted by Crippen LogP contribution is -2.43. The Bertz CT molecular complexity index is 531. The fourth-order valence-electron chi connectivity index (χ4n) is 2.66. The number of likely N-dealkylation sites (tertiary alicyclic amines) is 1. The van der Waals surface area contributed by atoms with Crippen molar-refractivity contribution in [2.75, 3.05) is 13.2 Å². The van der Waals surface area contributed by atoms with Crippen LogP contribution in [0.15, 0.2) is 18.5 Å². The number of hydrogen-bond acceptors (Lipinski definition) is 3. The second-order valence-corrected chi connectivity index (χ2v) is 4.94. The zero-order valence-corrected chi connectivity index (χ0v) is 11.8. The van der Waals surface area contributed by atoms with Crippen LogP contribution < -0.4 is 0 Å². The summed E-state index contributed by atoms with van der Waals surface area (Å²) in [4.78, 5) is 18.7. The molecule has 0 spiro atoms. The van der Waals surface area contributed by atoms with Gasteiger partial charge in [-0.2, -0.15) is 0 Å². The monoisotopic (exact) mass is 272 g/mol. The number of aliphatic hydroxyl groups is 1. The van der Waals surface area contributed by atoms with Gasteiger partial charge < -0.3 is 10.0 Å². The second-order valence-electron chi connectivity index (χ2n) is 4.94. The predicted molar refractivity (Wildman–Crippen MR) is 77.2 cm³/mol. The summed E-state index contributed by atoms with van der Waals surface area (Å²) in [6.07, 6.45) is 7.50. The van der Waals surface area contributed by atoms with Crippen molar-refractivity contribution in [3.8, 4) is 11.8 Å². The first-order valence-electron chi connectivity index (χ1n) is 7.12. The van der Waals surface area contributed by atoms with Gasteiger partial charge in [-0.1, -0.05) is 18.8 Å². The maximum atomic E-state index is 12.7. The number of amides is 1. The molecule has 1 fully saturated rings. The fourth-order valence-corrected chi connectivity index (χ4v) is 2.66. The molecule has 1 N–H and O–H groups in total. The number of aliphatic hydroxyl groups excluding tert-OH is 1. The molecule has 1 saturated heterocycles. The molecule has 0 saturated carbocycles. The number of piperidine rings is 1. The first kappa shape index (κ1) is 14.5. The van der Waals surface area contributed by atoms with Gasteiger partial charge in [0, 0.05) is 25.0 Å². The molecule has 1 amide bonds. The molecule has 2 heterocycles. The Hall–Kier alpha value is -1.86. The Labute approximate surface area is 119 Å². The van der Waals surface area contributed by atoms with E-state index < -0.39 is 0 Å². The molecule has 2 rings (SSSR count). The average molecular weight is 272 g/mol. The van der Waals surface area contributed by atoms with E-state index in [0.717, 1.165) is 25.8 Å². The van der Waals surface area contributed by atoms with Crippen molar-refractivity contribution in [1.29, 1.82) is 0 Å². The Balaban J connectivity index is 2.28. The molecule has 0 aliphatic carbocycles. The van der Waals surface area contributed by atoms with Gasteiger partial charge in [0.2, 0.25) is 0 Å². The molecule has 1 unspecified atom stereocenters. The van der Waals surface area contributed by atoms with Gasteiger partial charge in [-0.15, -0.1) is 0 Å². The number of nitrogens with zero attached hydrogens (tertiary/aromatic N) is 2. The summed E-state index contributed by atoms with van der Waals surface area (Å²) < 4.78 is 0. The molecule has 4 heteroatoms. The van der Waals surface area contributed by atoms with Crippen LogP contribution in [0.4, 0.5) is 0 Å². The van der Waals surface area contributed by atoms with Gasteiger partial charge in [0.1, 0.15) is 6.61 Å². The van der Waals surface area contributed by atoms with E-state index in [2.05, 4.69) is 23.7 Å². The van der Waals surface area contributed by atoms with E-state index in [1.165, 1.54) is 6.42 Å². The van der Waals surface area contributed by atoms with Crippen molar-refractivity contribution in [3.63, 3.8) is 0 Å². The number of rotatable bonds is 2. The van der Waals surface area contributed by atoms with Gasteiger partial charge in [-0.25, -0.2) is 0 Å². The first-order chi connectivity index (χ1) is 9.77.